The number of ether oxygens (including phenoxy) is 2. The number of nitrogens with one attached hydrogen (secondary N) is 1. The quantitative estimate of drug-likeness (QED) is 0.149. The number of methoxy groups -OCH3 is 1. The van der Waals surface area contributed by atoms with Gasteiger partial charge in [-0.05, 0) is 72.8 Å². The van der Waals surface area contributed by atoms with Crippen LogP contribution < -0.4 is 19.9 Å². The van der Waals surface area contributed by atoms with E-state index in [1.807, 2.05) is 60.0 Å². The molecule has 6 rings (SSSR count). The van der Waals surface area contributed by atoms with E-state index in [4.69, 9.17) is 9.47 Å². The second-order valence-electron chi connectivity index (χ2n) is 9.13. The van der Waals surface area contributed by atoms with Crippen LogP contribution in [0.25, 0.3) is 11.3 Å². The molecule has 4 aromatic carbocycles. The summed E-state index contributed by atoms with van der Waals surface area (Å²) in [6.45, 7) is 0. The Bertz CT molecular complexity index is 1840. The van der Waals surface area contributed by atoms with Crippen molar-refractivity contribution in [2.45, 2.75) is 0 Å². The van der Waals surface area contributed by atoms with Crippen LogP contribution in [0.4, 0.5) is 16.5 Å². The number of rotatable bonds is 9. The van der Waals surface area contributed by atoms with Crippen LogP contribution in [-0.4, -0.2) is 34.3 Å². The number of benzene rings is 4. The molecule has 5 aromatic rings. The van der Waals surface area contributed by atoms with Gasteiger partial charge in [-0.2, -0.15) is 15.2 Å². The molecule has 43 heavy (non-hydrogen) atoms. The number of hydrogen-bond donors (Lipinski definition) is 1. The largest absolute Gasteiger partial charge is 0.497 e. The lowest BCUT2D eigenvalue weighted by Crippen LogP contribution is -2.28. The Labute approximate surface area is 249 Å². The second kappa shape index (κ2) is 11.9. The molecule has 11 nitrogen and oxygen atoms in total. The van der Waals surface area contributed by atoms with Crippen molar-refractivity contribution in [3.8, 4) is 28.5 Å². The molecule has 0 saturated heterocycles. The smallest absolute Gasteiger partial charge is 0.303 e. The van der Waals surface area contributed by atoms with Crippen molar-refractivity contribution >= 4 is 45.2 Å². The SMILES string of the molecule is COc1ccc(-c2csc(N3N=C(c4ccc([N+](=O)[O-])cc4)/C(=N\Nc4ccc(Oc5ccccc5)cc4)C3=O)n2)cc1. The van der Waals surface area contributed by atoms with Crippen LogP contribution in [0.5, 0.6) is 17.2 Å². The molecule has 0 saturated carbocycles. The van der Waals surface area contributed by atoms with Gasteiger partial charge in [-0.1, -0.05) is 18.2 Å². The predicted molar refractivity (Wildman–Crippen MR) is 165 cm³/mol. The Balaban J connectivity index is 1.28. The number of thiazole rings is 1. The molecule has 0 atom stereocenters. The topological polar surface area (TPSA) is 132 Å². The van der Waals surface area contributed by atoms with Gasteiger partial charge in [-0.25, -0.2) is 4.98 Å². The first-order valence-corrected chi connectivity index (χ1v) is 13.8. The van der Waals surface area contributed by atoms with Gasteiger partial charge in [0.1, 0.15) is 23.0 Å². The number of hydrogen-bond acceptors (Lipinski definition) is 10. The van der Waals surface area contributed by atoms with Crippen LogP contribution in [0.15, 0.2) is 119 Å². The van der Waals surface area contributed by atoms with E-state index in [1.165, 1.54) is 40.6 Å². The van der Waals surface area contributed by atoms with Gasteiger partial charge in [-0.15, -0.1) is 11.3 Å². The Hall–Kier alpha value is -5.88. The van der Waals surface area contributed by atoms with E-state index < -0.39 is 10.8 Å². The monoisotopic (exact) mass is 590 g/mol. The van der Waals surface area contributed by atoms with Crippen molar-refractivity contribution in [3.05, 3.63) is 124 Å². The number of nitro benzene ring substituents is 1. The van der Waals surface area contributed by atoms with E-state index in [2.05, 4.69) is 20.6 Å². The van der Waals surface area contributed by atoms with Crippen LogP contribution in [0.3, 0.4) is 0 Å². The summed E-state index contributed by atoms with van der Waals surface area (Å²) >= 11 is 1.25. The Morgan fingerprint density at radius 1 is 0.860 bits per heavy atom. The van der Waals surface area contributed by atoms with Crippen LogP contribution in [0.2, 0.25) is 0 Å². The van der Waals surface area contributed by atoms with Crippen molar-refractivity contribution in [1.82, 2.24) is 4.98 Å². The van der Waals surface area contributed by atoms with Gasteiger partial charge in [0, 0.05) is 28.6 Å². The fourth-order valence-electron chi connectivity index (χ4n) is 4.16. The summed E-state index contributed by atoms with van der Waals surface area (Å²) in [5.74, 6) is 1.57. The lowest BCUT2D eigenvalue weighted by molar-refractivity contribution is -0.384. The fourth-order valence-corrected chi connectivity index (χ4v) is 4.94. The third kappa shape index (κ3) is 5.94. The number of nitrogens with zero attached hydrogens (tertiary/aromatic N) is 5. The maximum absolute atomic E-state index is 13.6. The lowest BCUT2D eigenvalue weighted by Gasteiger charge is -2.08. The average Bonchev–Trinajstić information content (AvgIpc) is 3.66. The van der Waals surface area contributed by atoms with E-state index in [-0.39, 0.29) is 17.1 Å². The minimum absolute atomic E-state index is 0.0275. The minimum Gasteiger partial charge on any atom is -0.497 e. The first-order valence-electron chi connectivity index (χ1n) is 12.9. The first-order chi connectivity index (χ1) is 21.0. The van der Waals surface area contributed by atoms with E-state index in [0.717, 1.165) is 11.3 Å². The number of aromatic nitrogens is 1. The van der Waals surface area contributed by atoms with Gasteiger partial charge in [0.15, 0.2) is 5.71 Å². The van der Waals surface area contributed by atoms with Crippen molar-refractivity contribution in [2.24, 2.45) is 10.2 Å². The van der Waals surface area contributed by atoms with Crippen molar-refractivity contribution in [1.29, 1.82) is 0 Å². The van der Waals surface area contributed by atoms with Crippen LogP contribution in [0.1, 0.15) is 5.56 Å². The maximum atomic E-state index is 13.6. The number of hydrazone groups is 2. The molecule has 0 fully saturated rings. The Morgan fingerprint density at radius 3 is 2.19 bits per heavy atom. The van der Waals surface area contributed by atoms with Crippen molar-refractivity contribution < 1.29 is 19.2 Å². The van der Waals surface area contributed by atoms with Crippen LogP contribution in [-0.2, 0) is 4.79 Å². The third-order valence-electron chi connectivity index (χ3n) is 6.36. The standard InChI is InChI=1S/C31H22N6O5S/c1-41-24-15-9-20(10-16-24)27-19-43-31(32-27)36-30(38)29(28(35-36)21-7-13-23(14-8-21)37(39)40)34-33-22-11-17-26(18-12-22)42-25-5-3-2-4-6-25/h2-19,33H,1H3/b34-29+. The lowest BCUT2D eigenvalue weighted by atomic mass is 10.1. The second-order valence-corrected chi connectivity index (χ2v) is 9.96. The van der Waals surface area contributed by atoms with Gasteiger partial charge in [0.25, 0.3) is 5.69 Å². The summed E-state index contributed by atoms with van der Waals surface area (Å²) < 4.78 is 11.1. The number of non-ortho nitro benzene ring substituents is 1. The zero-order valence-electron chi connectivity index (χ0n) is 22.6. The van der Waals surface area contributed by atoms with Crippen molar-refractivity contribution in [3.63, 3.8) is 0 Å². The van der Waals surface area contributed by atoms with E-state index in [9.17, 15) is 14.9 Å². The highest BCUT2D eigenvalue weighted by molar-refractivity contribution is 7.14. The van der Waals surface area contributed by atoms with E-state index in [0.29, 0.717) is 33.6 Å². The van der Waals surface area contributed by atoms with Gasteiger partial charge >= 0.3 is 5.91 Å². The average molecular weight is 591 g/mol. The zero-order chi connectivity index (χ0) is 29.8. The highest BCUT2D eigenvalue weighted by Gasteiger charge is 2.36. The molecular formula is C31H22N6O5S. The number of anilines is 2. The molecule has 1 N–H and O–H groups in total. The number of para-hydroxylation sites is 1. The number of carbonyl (C=O) groups excluding carboxylic acids is 1. The van der Waals surface area contributed by atoms with Gasteiger partial charge in [0.05, 0.1) is 23.4 Å². The van der Waals surface area contributed by atoms with E-state index in [1.54, 1.807) is 31.4 Å². The summed E-state index contributed by atoms with van der Waals surface area (Å²) in [5.41, 5.74) is 5.73. The Kier molecular flexibility index (Phi) is 7.57. The van der Waals surface area contributed by atoms with Crippen LogP contribution >= 0.6 is 11.3 Å². The molecule has 1 aliphatic heterocycles. The summed E-state index contributed by atoms with van der Waals surface area (Å²) in [5, 5.41) is 23.5. The van der Waals surface area contributed by atoms with Gasteiger partial charge < -0.3 is 9.47 Å². The molecule has 12 heteroatoms. The summed E-state index contributed by atoms with van der Waals surface area (Å²) in [7, 11) is 1.60. The first kappa shape index (κ1) is 27.3. The van der Waals surface area contributed by atoms with Crippen molar-refractivity contribution in [2.75, 3.05) is 17.5 Å². The number of carbonyl (C=O) groups is 1. The number of amides is 1. The van der Waals surface area contributed by atoms with Crippen LogP contribution in [0, 0.1) is 10.1 Å². The highest BCUT2D eigenvalue weighted by Crippen LogP contribution is 2.31. The highest BCUT2D eigenvalue weighted by atomic mass is 32.1. The molecule has 0 spiro atoms. The molecule has 1 amide bonds. The molecule has 2 heterocycles. The summed E-state index contributed by atoms with van der Waals surface area (Å²) in [6.07, 6.45) is 0. The minimum atomic E-state index is -0.500. The molecule has 212 valence electrons. The molecule has 1 aromatic heterocycles. The molecule has 0 radical (unpaired) electrons. The third-order valence-corrected chi connectivity index (χ3v) is 7.18. The molecule has 1 aliphatic rings. The predicted octanol–water partition coefficient (Wildman–Crippen LogP) is 6.74. The maximum Gasteiger partial charge on any atom is 0.303 e. The molecular weight excluding hydrogens is 568 g/mol. The zero-order valence-corrected chi connectivity index (χ0v) is 23.4. The number of nitro groups is 1. The molecule has 0 bridgehead atoms. The van der Waals surface area contributed by atoms with E-state index >= 15 is 0 Å². The summed E-state index contributed by atoms with van der Waals surface area (Å²) in [4.78, 5) is 29.0. The van der Waals surface area contributed by atoms with Gasteiger partial charge in [-0.3, -0.25) is 20.3 Å². The Morgan fingerprint density at radius 2 is 1.51 bits per heavy atom. The van der Waals surface area contributed by atoms with Gasteiger partial charge in [0.2, 0.25) is 5.13 Å². The molecule has 0 aliphatic carbocycles. The normalized spacial score (nSPS) is 13.6. The summed E-state index contributed by atoms with van der Waals surface area (Å²) in [6, 6.07) is 29.7. The molecule has 0 unspecified atom stereocenters. The fraction of sp³-hybridized carbons (Fsp3) is 0.0323.